The van der Waals surface area contributed by atoms with Crippen molar-refractivity contribution in [2.45, 2.75) is 63.7 Å². The zero-order valence-electron chi connectivity index (χ0n) is 19.6. The topological polar surface area (TPSA) is 104 Å². The van der Waals surface area contributed by atoms with Crippen LogP contribution in [0.5, 0.6) is 0 Å². The second-order valence-electron chi connectivity index (χ2n) is 8.57. The standard InChI is InChI=1S/C24H35N5O3S/c1-19-18-20(2)28-24(27-19)26-14-7-8-23(30)25-15-13-21-9-11-22(12-10-21)33(31,32)29-16-5-3-4-6-17-29/h9-12,18H,3-8,13-17H2,1-2H3,(H,25,30)(H,26,27,28). The van der Waals surface area contributed by atoms with Crippen molar-refractivity contribution in [1.82, 2.24) is 19.6 Å². The molecule has 33 heavy (non-hydrogen) atoms. The lowest BCUT2D eigenvalue weighted by atomic mass is 10.1. The van der Waals surface area contributed by atoms with Crippen LogP contribution in [0.4, 0.5) is 5.95 Å². The first-order chi connectivity index (χ1) is 15.8. The molecule has 0 radical (unpaired) electrons. The zero-order valence-corrected chi connectivity index (χ0v) is 20.5. The number of aromatic nitrogens is 2. The van der Waals surface area contributed by atoms with Crippen molar-refractivity contribution in [3.63, 3.8) is 0 Å². The third-order valence-corrected chi connectivity index (χ3v) is 7.62. The van der Waals surface area contributed by atoms with Gasteiger partial charge in [0.05, 0.1) is 4.90 Å². The van der Waals surface area contributed by atoms with Crippen LogP contribution in [0.25, 0.3) is 0 Å². The number of anilines is 1. The summed E-state index contributed by atoms with van der Waals surface area (Å²) in [5, 5.41) is 6.08. The maximum absolute atomic E-state index is 12.9. The molecule has 180 valence electrons. The molecule has 1 aliphatic heterocycles. The van der Waals surface area contributed by atoms with Crippen LogP contribution in [0.2, 0.25) is 0 Å². The molecule has 2 N–H and O–H groups in total. The van der Waals surface area contributed by atoms with Gasteiger partial charge < -0.3 is 10.6 Å². The molecule has 0 saturated carbocycles. The number of hydrogen-bond donors (Lipinski definition) is 2. The quantitative estimate of drug-likeness (QED) is 0.514. The van der Waals surface area contributed by atoms with Gasteiger partial charge in [0.1, 0.15) is 0 Å². The van der Waals surface area contributed by atoms with Gasteiger partial charge in [0.15, 0.2) is 0 Å². The molecule has 1 amide bonds. The van der Waals surface area contributed by atoms with Gasteiger partial charge in [-0.1, -0.05) is 25.0 Å². The van der Waals surface area contributed by atoms with E-state index < -0.39 is 10.0 Å². The molecular formula is C24H35N5O3S. The van der Waals surface area contributed by atoms with E-state index in [9.17, 15) is 13.2 Å². The van der Waals surface area contributed by atoms with Crippen LogP contribution in [-0.2, 0) is 21.2 Å². The fourth-order valence-electron chi connectivity index (χ4n) is 3.95. The summed E-state index contributed by atoms with van der Waals surface area (Å²) in [7, 11) is -3.43. The molecule has 0 unspecified atom stereocenters. The minimum atomic E-state index is -3.43. The summed E-state index contributed by atoms with van der Waals surface area (Å²) < 4.78 is 27.3. The molecule has 8 nitrogen and oxygen atoms in total. The number of benzene rings is 1. The first kappa shape index (κ1) is 25.1. The first-order valence-electron chi connectivity index (χ1n) is 11.8. The number of nitrogens with zero attached hydrogens (tertiary/aromatic N) is 3. The van der Waals surface area contributed by atoms with Gasteiger partial charge in [-0.15, -0.1) is 0 Å². The van der Waals surface area contributed by atoms with Gasteiger partial charge in [-0.25, -0.2) is 18.4 Å². The van der Waals surface area contributed by atoms with Gasteiger partial charge in [-0.05, 0) is 63.3 Å². The lowest BCUT2D eigenvalue weighted by Gasteiger charge is -2.20. The summed E-state index contributed by atoms with van der Waals surface area (Å²) >= 11 is 0. The molecule has 0 atom stereocenters. The Balaban J connectivity index is 1.37. The Morgan fingerprint density at radius 2 is 1.61 bits per heavy atom. The van der Waals surface area contributed by atoms with E-state index in [2.05, 4.69) is 20.6 Å². The van der Waals surface area contributed by atoms with Crippen molar-refractivity contribution in [2.24, 2.45) is 0 Å². The van der Waals surface area contributed by atoms with Crippen molar-refractivity contribution >= 4 is 21.9 Å². The lowest BCUT2D eigenvalue weighted by Crippen LogP contribution is -2.31. The van der Waals surface area contributed by atoms with Crippen molar-refractivity contribution in [2.75, 3.05) is 31.5 Å². The average Bonchev–Trinajstić information content (AvgIpc) is 3.07. The highest BCUT2D eigenvalue weighted by molar-refractivity contribution is 7.89. The molecule has 1 aromatic heterocycles. The number of carbonyl (C=O) groups excluding carboxylic acids is 1. The largest absolute Gasteiger partial charge is 0.356 e. The van der Waals surface area contributed by atoms with E-state index in [0.29, 0.717) is 56.3 Å². The summed E-state index contributed by atoms with van der Waals surface area (Å²) in [4.78, 5) is 21.1. The summed E-state index contributed by atoms with van der Waals surface area (Å²) in [6, 6.07) is 8.95. The average molecular weight is 474 g/mol. The van der Waals surface area contributed by atoms with E-state index in [0.717, 1.165) is 42.6 Å². The number of sulfonamides is 1. The van der Waals surface area contributed by atoms with Gasteiger partial charge in [0.2, 0.25) is 21.9 Å². The smallest absolute Gasteiger partial charge is 0.243 e. The van der Waals surface area contributed by atoms with Gasteiger partial charge in [-0.3, -0.25) is 4.79 Å². The second-order valence-corrected chi connectivity index (χ2v) is 10.5. The molecule has 2 heterocycles. The molecule has 0 bridgehead atoms. The van der Waals surface area contributed by atoms with Crippen LogP contribution in [0.3, 0.4) is 0 Å². The van der Waals surface area contributed by atoms with E-state index in [4.69, 9.17) is 0 Å². The number of hydrogen-bond acceptors (Lipinski definition) is 6. The van der Waals surface area contributed by atoms with E-state index in [1.54, 1.807) is 16.4 Å². The fraction of sp³-hybridized carbons (Fsp3) is 0.542. The number of amides is 1. The molecule has 3 rings (SSSR count). The van der Waals surface area contributed by atoms with E-state index in [1.807, 2.05) is 32.0 Å². The van der Waals surface area contributed by atoms with Gasteiger partial charge in [-0.2, -0.15) is 4.31 Å². The highest BCUT2D eigenvalue weighted by Gasteiger charge is 2.24. The Morgan fingerprint density at radius 3 is 2.24 bits per heavy atom. The fourth-order valence-corrected chi connectivity index (χ4v) is 5.47. The number of rotatable bonds is 10. The Morgan fingerprint density at radius 1 is 0.970 bits per heavy atom. The normalized spacial score (nSPS) is 15.1. The molecule has 9 heteroatoms. The second kappa shape index (κ2) is 12.1. The van der Waals surface area contributed by atoms with Crippen molar-refractivity contribution < 1.29 is 13.2 Å². The molecule has 1 aromatic carbocycles. The number of aryl methyl sites for hydroxylation is 2. The molecule has 1 aliphatic rings. The first-order valence-corrected chi connectivity index (χ1v) is 13.2. The van der Waals surface area contributed by atoms with Crippen molar-refractivity contribution in [3.8, 4) is 0 Å². The summed E-state index contributed by atoms with van der Waals surface area (Å²) in [6.45, 7) is 6.20. The summed E-state index contributed by atoms with van der Waals surface area (Å²) in [5.41, 5.74) is 2.82. The zero-order chi connectivity index (χ0) is 23.7. The van der Waals surface area contributed by atoms with Crippen LogP contribution < -0.4 is 10.6 Å². The van der Waals surface area contributed by atoms with Gasteiger partial charge >= 0.3 is 0 Å². The van der Waals surface area contributed by atoms with E-state index in [-0.39, 0.29) is 5.91 Å². The van der Waals surface area contributed by atoms with Crippen LogP contribution in [0.1, 0.15) is 55.5 Å². The molecule has 1 fully saturated rings. The Hall–Kier alpha value is -2.52. The van der Waals surface area contributed by atoms with Crippen LogP contribution in [0.15, 0.2) is 35.2 Å². The van der Waals surface area contributed by atoms with E-state index >= 15 is 0 Å². The third kappa shape index (κ3) is 7.78. The Kier molecular flexibility index (Phi) is 9.20. The minimum Gasteiger partial charge on any atom is -0.356 e. The molecule has 0 aliphatic carbocycles. The highest BCUT2D eigenvalue weighted by Crippen LogP contribution is 2.20. The number of carbonyl (C=O) groups is 1. The van der Waals surface area contributed by atoms with Crippen LogP contribution in [0, 0.1) is 13.8 Å². The maximum Gasteiger partial charge on any atom is 0.243 e. The van der Waals surface area contributed by atoms with Crippen molar-refractivity contribution in [3.05, 3.63) is 47.3 Å². The summed E-state index contributed by atoms with van der Waals surface area (Å²) in [5.74, 6) is 0.590. The number of nitrogens with one attached hydrogen (secondary N) is 2. The predicted octanol–water partition coefficient (Wildman–Crippen LogP) is 3.21. The maximum atomic E-state index is 12.9. The van der Waals surface area contributed by atoms with Crippen LogP contribution >= 0.6 is 0 Å². The Labute approximate surface area is 197 Å². The Bertz CT molecular complexity index is 997. The predicted molar refractivity (Wildman–Crippen MR) is 130 cm³/mol. The lowest BCUT2D eigenvalue weighted by molar-refractivity contribution is -0.121. The molecule has 1 saturated heterocycles. The monoisotopic (exact) mass is 473 g/mol. The third-order valence-electron chi connectivity index (χ3n) is 5.71. The van der Waals surface area contributed by atoms with Crippen molar-refractivity contribution in [1.29, 1.82) is 0 Å². The SMILES string of the molecule is Cc1cc(C)nc(NCCCC(=O)NCCc2ccc(S(=O)(=O)N3CCCCCC3)cc2)n1. The van der Waals surface area contributed by atoms with Gasteiger partial charge in [0.25, 0.3) is 0 Å². The van der Waals surface area contributed by atoms with Gasteiger partial charge in [0, 0.05) is 44.0 Å². The molecule has 2 aromatic rings. The minimum absolute atomic E-state index is 0.00139. The molecular weight excluding hydrogens is 438 g/mol. The molecule has 0 spiro atoms. The van der Waals surface area contributed by atoms with Crippen LogP contribution in [-0.4, -0.2) is 54.8 Å². The van der Waals surface area contributed by atoms with E-state index in [1.165, 1.54) is 0 Å². The summed E-state index contributed by atoms with van der Waals surface area (Å²) in [6.07, 6.45) is 5.79. The highest BCUT2D eigenvalue weighted by atomic mass is 32.2.